The lowest BCUT2D eigenvalue weighted by Gasteiger charge is -2.34. The summed E-state index contributed by atoms with van der Waals surface area (Å²) in [5.74, 6) is -1.34. The minimum atomic E-state index is -0.994. The topological polar surface area (TPSA) is 76.6 Å². The van der Waals surface area contributed by atoms with Crippen LogP contribution in [0.3, 0.4) is 0 Å². The van der Waals surface area contributed by atoms with Crippen LogP contribution in [-0.2, 0) is 5.54 Å². The number of anilines is 1. The number of thioether (sulfide) groups is 1. The lowest BCUT2D eigenvalue weighted by atomic mass is 9.81. The summed E-state index contributed by atoms with van der Waals surface area (Å²) in [5.41, 5.74) is 5.39. The molecular weight excluding hydrogens is 391 g/mol. The molecule has 0 saturated carbocycles. The van der Waals surface area contributed by atoms with Gasteiger partial charge in [-0.15, -0.1) is 0 Å². The van der Waals surface area contributed by atoms with Crippen LogP contribution in [-0.4, -0.2) is 41.1 Å². The summed E-state index contributed by atoms with van der Waals surface area (Å²) < 4.78 is 47.2. The van der Waals surface area contributed by atoms with Crippen LogP contribution in [0.1, 0.15) is 11.3 Å². The van der Waals surface area contributed by atoms with Gasteiger partial charge in [-0.3, -0.25) is 0 Å². The molecule has 6 nitrogen and oxygen atoms in total. The Labute approximate surface area is 164 Å². The SMILES string of the molecule is COc1nc(N2CC3CSC(N)=NC3(c3ccc(F)cc3F)C2)nc(C)c1F. The van der Waals surface area contributed by atoms with E-state index in [1.165, 1.54) is 37.9 Å². The quantitative estimate of drug-likeness (QED) is 0.840. The number of fused-ring (bicyclic) bond motifs is 1. The van der Waals surface area contributed by atoms with Crippen LogP contribution in [0.25, 0.3) is 0 Å². The van der Waals surface area contributed by atoms with Crippen LogP contribution in [0, 0.1) is 30.3 Å². The summed E-state index contributed by atoms with van der Waals surface area (Å²) in [4.78, 5) is 14.8. The molecule has 2 aliphatic rings. The fourth-order valence-electron chi connectivity index (χ4n) is 3.79. The van der Waals surface area contributed by atoms with Crippen molar-refractivity contribution in [2.24, 2.45) is 16.6 Å². The molecule has 3 heterocycles. The van der Waals surface area contributed by atoms with Gasteiger partial charge in [-0.05, 0) is 13.0 Å². The number of aliphatic imine (C=N–C) groups is 1. The van der Waals surface area contributed by atoms with E-state index in [1.54, 1.807) is 0 Å². The number of hydrogen-bond acceptors (Lipinski definition) is 7. The first kappa shape index (κ1) is 18.9. The highest BCUT2D eigenvalue weighted by molar-refractivity contribution is 8.13. The van der Waals surface area contributed by atoms with E-state index in [-0.39, 0.29) is 35.5 Å². The zero-order chi connectivity index (χ0) is 20.1. The average Bonchev–Trinajstić information content (AvgIpc) is 3.03. The van der Waals surface area contributed by atoms with E-state index in [4.69, 9.17) is 10.5 Å². The maximum atomic E-state index is 14.7. The molecular formula is C18H18F3N5OS. The van der Waals surface area contributed by atoms with Crippen LogP contribution in [0.5, 0.6) is 5.88 Å². The lowest BCUT2D eigenvalue weighted by molar-refractivity contribution is 0.364. The highest BCUT2D eigenvalue weighted by atomic mass is 32.2. The van der Waals surface area contributed by atoms with Crippen molar-refractivity contribution in [3.8, 4) is 5.88 Å². The largest absolute Gasteiger partial charge is 0.479 e. The van der Waals surface area contributed by atoms with Gasteiger partial charge in [-0.2, -0.15) is 9.37 Å². The zero-order valence-electron chi connectivity index (χ0n) is 15.2. The number of methoxy groups -OCH3 is 1. The molecule has 10 heteroatoms. The molecule has 28 heavy (non-hydrogen) atoms. The van der Waals surface area contributed by atoms with E-state index >= 15 is 0 Å². The number of rotatable bonds is 3. The summed E-state index contributed by atoms with van der Waals surface area (Å²) >= 11 is 1.39. The van der Waals surface area contributed by atoms with Crippen LogP contribution in [0.4, 0.5) is 19.1 Å². The maximum absolute atomic E-state index is 14.7. The third-order valence-electron chi connectivity index (χ3n) is 5.14. The normalized spacial score (nSPS) is 24.1. The molecule has 1 aromatic carbocycles. The van der Waals surface area contributed by atoms with E-state index in [0.717, 1.165) is 6.07 Å². The maximum Gasteiger partial charge on any atom is 0.255 e. The third kappa shape index (κ3) is 2.95. The number of amidine groups is 1. The minimum Gasteiger partial charge on any atom is -0.479 e. The van der Waals surface area contributed by atoms with Gasteiger partial charge < -0.3 is 15.4 Å². The molecule has 1 fully saturated rings. The van der Waals surface area contributed by atoms with Gasteiger partial charge in [-0.25, -0.2) is 18.8 Å². The third-order valence-corrected chi connectivity index (χ3v) is 6.09. The second-order valence-electron chi connectivity index (χ2n) is 6.82. The van der Waals surface area contributed by atoms with Gasteiger partial charge in [0.1, 0.15) is 17.2 Å². The number of nitrogens with two attached hydrogens (primary N) is 1. The number of halogens is 3. The Hall–Kier alpha value is -2.49. The van der Waals surface area contributed by atoms with Crippen LogP contribution < -0.4 is 15.4 Å². The molecule has 0 amide bonds. The second kappa shape index (κ2) is 6.84. The Balaban J connectivity index is 1.80. The first-order valence-electron chi connectivity index (χ1n) is 8.61. The number of aryl methyl sites for hydroxylation is 1. The monoisotopic (exact) mass is 409 g/mol. The molecule has 0 aliphatic carbocycles. The van der Waals surface area contributed by atoms with Crippen molar-refractivity contribution in [1.82, 2.24) is 9.97 Å². The van der Waals surface area contributed by atoms with E-state index < -0.39 is 23.0 Å². The van der Waals surface area contributed by atoms with Crippen LogP contribution >= 0.6 is 11.8 Å². The predicted octanol–water partition coefficient (Wildman–Crippen LogP) is 2.60. The minimum absolute atomic E-state index is 0.107. The highest BCUT2D eigenvalue weighted by Crippen LogP contribution is 2.47. The van der Waals surface area contributed by atoms with Gasteiger partial charge in [-0.1, -0.05) is 17.8 Å². The Bertz CT molecular complexity index is 972. The molecule has 2 atom stereocenters. The van der Waals surface area contributed by atoms with Gasteiger partial charge in [0, 0.05) is 29.8 Å². The van der Waals surface area contributed by atoms with E-state index in [9.17, 15) is 13.2 Å². The van der Waals surface area contributed by atoms with Gasteiger partial charge in [0.25, 0.3) is 5.88 Å². The number of benzene rings is 1. The standard InChI is InChI=1S/C18H18F3N5OS/c1-9-14(21)15(27-2)24-17(23-9)26-6-10-7-28-16(22)25-18(10,8-26)12-4-3-11(19)5-13(12)20/h3-5,10H,6-8H2,1-2H3,(H2,22,25). The average molecular weight is 409 g/mol. The van der Waals surface area contributed by atoms with Crippen molar-refractivity contribution in [2.45, 2.75) is 12.5 Å². The highest BCUT2D eigenvalue weighted by Gasteiger charge is 2.52. The summed E-state index contributed by atoms with van der Waals surface area (Å²) in [7, 11) is 1.33. The van der Waals surface area contributed by atoms with Crippen LogP contribution in [0.2, 0.25) is 0 Å². The molecule has 1 saturated heterocycles. The summed E-state index contributed by atoms with van der Waals surface area (Å²) in [5, 5.41) is 0.343. The first-order chi connectivity index (χ1) is 13.3. The molecule has 0 radical (unpaired) electrons. The van der Waals surface area contributed by atoms with Gasteiger partial charge in [0.15, 0.2) is 5.17 Å². The Morgan fingerprint density at radius 3 is 2.79 bits per heavy atom. The fraction of sp³-hybridized carbons (Fsp3) is 0.389. The Morgan fingerprint density at radius 2 is 2.07 bits per heavy atom. The zero-order valence-corrected chi connectivity index (χ0v) is 16.1. The number of nitrogens with zero attached hydrogens (tertiary/aromatic N) is 4. The van der Waals surface area contributed by atoms with Crippen molar-refractivity contribution in [3.05, 3.63) is 46.9 Å². The molecule has 2 aliphatic heterocycles. The van der Waals surface area contributed by atoms with Crippen LogP contribution in [0.15, 0.2) is 23.2 Å². The molecule has 148 valence electrons. The first-order valence-corrected chi connectivity index (χ1v) is 9.59. The van der Waals surface area contributed by atoms with Crippen molar-refractivity contribution in [2.75, 3.05) is 30.9 Å². The van der Waals surface area contributed by atoms with Crippen molar-refractivity contribution in [3.63, 3.8) is 0 Å². The fourth-order valence-corrected chi connectivity index (χ4v) is 4.77. The predicted molar refractivity (Wildman–Crippen MR) is 101 cm³/mol. The van der Waals surface area contributed by atoms with Crippen molar-refractivity contribution in [1.29, 1.82) is 0 Å². The molecule has 1 aromatic heterocycles. The molecule has 0 spiro atoms. The number of hydrogen-bond donors (Lipinski definition) is 1. The number of aromatic nitrogens is 2. The molecule has 2 unspecified atom stereocenters. The molecule has 2 aromatic rings. The molecule has 2 N–H and O–H groups in total. The molecule has 4 rings (SSSR count). The lowest BCUT2D eigenvalue weighted by Crippen LogP contribution is -2.40. The summed E-state index contributed by atoms with van der Waals surface area (Å²) in [6.07, 6.45) is 0. The van der Waals surface area contributed by atoms with Gasteiger partial charge in [0.2, 0.25) is 11.8 Å². The van der Waals surface area contributed by atoms with Gasteiger partial charge in [0.05, 0.1) is 19.3 Å². The smallest absolute Gasteiger partial charge is 0.255 e. The molecule has 0 bridgehead atoms. The van der Waals surface area contributed by atoms with Gasteiger partial charge >= 0.3 is 0 Å². The second-order valence-corrected chi connectivity index (χ2v) is 7.86. The van der Waals surface area contributed by atoms with E-state index in [0.29, 0.717) is 17.5 Å². The summed E-state index contributed by atoms with van der Waals surface area (Å²) in [6.45, 7) is 2.22. The van der Waals surface area contributed by atoms with Crippen molar-refractivity contribution < 1.29 is 17.9 Å². The van der Waals surface area contributed by atoms with E-state index in [2.05, 4.69) is 15.0 Å². The number of ether oxygens (including phenoxy) is 1. The summed E-state index contributed by atoms with van der Waals surface area (Å²) in [6, 6.07) is 3.46. The van der Waals surface area contributed by atoms with Crippen molar-refractivity contribution >= 4 is 22.9 Å². The Kier molecular flexibility index (Phi) is 4.60. The van der Waals surface area contributed by atoms with E-state index in [1.807, 2.05) is 4.90 Å². The Morgan fingerprint density at radius 1 is 1.29 bits per heavy atom.